The molecule has 134 valence electrons. The number of hydrogen-bond acceptors (Lipinski definition) is 5. The normalized spacial score (nSPS) is 23.4. The van der Waals surface area contributed by atoms with E-state index >= 15 is 0 Å². The zero-order valence-electron chi connectivity index (χ0n) is 14.4. The van der Waals surface area contributed by atoms with E-state index in [1.165, 1.54) is 4.90 Å². The van der Waals surface area contributed by atoms with Crippen LogP contribution >= 0.6 is 0 Å². The maximum Gasteiger partial charge on any atom is 0.352 e. The number of nitrogens with one attached hydrogen (secondary N) is 1. The first kappa shape index (κ1) is 17.4. The topological polar surface area (TPSA) is 99.1 Å². The average Bonchev–Trinajstić information content (AvgIpc) is 2.90. The Morgan fingerprint density at radius 2 is 2.20 bits per heavy atom. The highest BCUT2D eigenvalue weighted by Crippen LogP contribution is 2.47. The summed E-state index contributed by atoms with van der Waals surface area (Å²) in [6.45, 7) is 2.19. The van der Waals surface area contributed by atoms with Crippen molar-refractivity contribution in [2.75, 3.05) is 14.2 Å². The second kappa shape index (κ2) is 6.50. The first-order chi connectivity index (χ1) is 11.9. The van der Waals surface area contributed by atoms with E-state index in [9.17, 15) is 19.8 Å². The van der Waals surface area contributed by atoms with Gasteiger partial charge in [0.25, 0.3) is 0 Å². The highest BCUT2D eigenvalue weighted by molar-refractivity contribution is 6.06. The molecule has 1 amide bonds. The Morgan fingerprint density at radius 3 is 2.76 bits per heavy atom. The lowest BCUT2D eigenvalue weighted by Crippen LogP contribution is -2.61. The van der Waals surface area contributed by atoms with Crippen LogP contribution in [0.3, 0.4) is 0 Å². The molecule has 0 saturated carbocycles. The summed E-state index contributed by atoms with van der Waals surface area (Å²) >= 11 is 0. The molecule has 3 rings (SSSR count). The number of aliphatic hydroxyl groups is 1. The number of aliphatic carboxylic acids is 1. The molecular formula is C18H22N2O5. The molecule has 25 heavy (non-hydrogen) atoms. The lowest BCUT2D eigenvalue weighted by atomic mass is 9.82. The van der Waals surface area contributed by atoms with Crippen molar-refractivity contribution >= 4 is 17.4 Å². The largest absolute Gasteiger partial charge is 0.496 e. The minimum atomic E-state index is -1.13. The Balaban J connectivity index is 2.02. The quantitative estimate of drug-likeness (QED) is 0.660. The Morgan fingerprint density at radius 1 is 1.48 bits per heavy atom. The SMILES string of the molecule is CNCc1ccc(C2=C(C(=O)O)N3C(=O)[C@H]([C@@H](C)O)[C@H]3C2)cc1OC. The van der Waals surface area contributed by atoms with Gasteiger partial charge < -0.3 is 25.2 Å². The highest BCUT2D eigenvalue weighted by Gasteiger charge is 2.56. The van der Waals surface area contributed by atoms with E-state index < -0.39 is 18.0 Å². The van der Waals surface area contributed by atoms with Crippen LogP contribution in [0.5, 0.6) is 5.75 Å². The van der Waals surface area contributed by atoms with E-state index in [4.69, 9.17) is 4.74 Å². The second-order valence-corrected chi connectivity index (χ2v) is 6.44. The second-order valence-electron chi connectivity index (χ2n) is 6.44. The summed E-state index contributed by atoms with van der Waals surface area (Å²) in [5.41, 5.74) is 2.30. The average molecular weight is 346 g/mol. The van der Waals surface area contributed by atoms with E-state index in [1.54, 1.807) is 20.1 Å². The minimum Gasteiger partial charge on any atom is -0.496 e. The number of carbonyl (C=O) groups is 2. The lowest BCUT2D eigenvalue weighted by molar-refractivity contribution is -0.161. The Hall–Kier alpha value is -2.38. The van der Waals surface area contributed by atoms with Crippen LogP contribution in [-0.4, -0.2) is 53.3 Å². The van der Waals surface area contributed by atoms with Gasteiger partial charge in [0.1, 0.15) is 11.4 Å². The van der Waals surface area contributed by atoms with Crippen molar-refractivity contribution in [1.82, 2.24) is 10.2 Å². The molecule has 0 spiro atoms. The Labute approximate surface area is 145 Å². The highest BCUT2D eigenvalue weighted by atomic mass is 16.5. The minimum absolute atomic E-state index is 0.00956. The number of carboxylic acid groups (broad SMARTS) is 1. The molecular weight excluding hydrogens is 324 g/mol. The summed E-state index contributed by atoms with van der Waals surface area (Å²) in [5.74, 6) is -1.34. The van der Waals surface area contributed by atoms with Crippen LogP contribution in [0, 0.1) is 5.92 Å². The van der Waals surface area contributed by atoms with E-state index in [0.717, 1.165) is 11.1 Å². The molecule has 2 heterocycles. The van der Waals surface area contributed by atoms with Gasteiger partial charge in [0, 0.05) is 12.1 Å². The monoisotopic (exact) mass is 346 g/mol. The third kappa shape index (κ3) is 2.69. The maximum atomic E-state index is 12.3. The number of hydrogen-bond donors (Lipinski definition) is 3. The number of β-lactam (4-membered cyclic amide) rings is 1. The number of carboxylic acids is 1. The Kier molecular flexibility index (Phi) is 4.53. The van der Waals surface area contributed by atoms with Gasteiger partial charge >= 0.3 is 5.97 Å². The lowest BCUT2D eigenvalue weighted by Gasteiger charge is -2.44. The Bertz CT molecular complexity index is 756. The molecule has 3 N–H and O–H groups in total. The van der Waals surface area contributed by atoms with Crippen molar-refractivity contribution in [2.24, 2.45) is 5.92 Å². The third-order valence-electron chi connectivity index (χ3n) is 4.93. The number of rotatable bonds is 6. The smallest absolute Gasteiger partial charge is 0.352 e. The van der Waals surface area contributed by atoms with Gasteiger partial charge in [0.15, 0.2) is 0 Å². The fourth-order valence-electron chi connectivity index (χ4n) is 3.80. The van der Waals surface area contributed by atoms with Crippen molar-refractivity contribution in [3.05, 3.63) is 35.0 Å². The summed E-state index contributed by atoms with van der Waals surface area (Å²) in [4.78, 5) is 25.3. The standard InChI is InChI=1S/C18H22N2O5/c1-9(21)15-13-7-12(16(18(23)24)20(13)17(15)22)10-4-5-11(8-19-2)14(6-10)25-3/h4-6,9,13,15,19,21H,7-8H2,1-3H3,(H,23,24)/t9-,13-,15-/m1/s1. The van der Waals surface area contributed by atoms with E-state index in [1.807, 2.05) is 19.2 Å². The number of ether oxygens (including phenoxy) is 1. The van der Waals surface area contributed by atoms with Crippen LogP contribution in [-0.2, 0) is 16.1 Å². The summed E-state index contributed by atoms with van der Waals surface area (Å²) in [6.07, 6.45) is -0.382. The van der Waals surface area contributed by atoms with Gasteiger partial charge in [-0.2, -0.15) is 0 Å². The van der Waals surface area contributed by atoms with Gasteiger partial charge in [0.2, 0.25) is 5.91 Å². The fraction of sp³-hybridized carbons (Fsp3) is 0.444. The number of benzene rings is 1. The molecule has 0 unspecified atom stereocenters. The van der Waals surface area contributed by atoms with Crippen LogP contribution in [0.4, 0.5) is 0 Å². The predicted molar refractivity (Wildman–Crippen MR) is 90.7 cm³/mol. The summed E-state index contributed by atoms with van der Waals surface area (Å²) in [6, 6.07) is 5.25. The molecule has 2 aliphatic heterocycles. The van der Waals surface area contributed by atoms with Crippen LogP contribution in [0.2, 0.25) is 0 Å². The van der Waals surface area contributed by atoms with Crippen molar-refractivity contribution in [1.29, 1.82) is 0 Å². The summed E-state index contributed by atoms with van der Waals surface area (Å²) in [5, 5.41) is 22.5. The van der Waals surface area contributed by atoms with Crippen molar-refractivity contribution in [2.45, 2.75) is 32.0 Å². The maximum absolute atomic E-state index is 12.3. The number of methoxy groups -OCH3 is 1. The van der Waals surface area contributed by atoms with Crippen LogP contribution in [0.15, 0.2) is 23.9 Å². The first-order valence-electron chi connectivity index (χ1n) is 8.20. The van der Waals surface area contributed by atoms with Crippen molar-refractivity contribution < 1.29 is 24.5 Å². The number of carbonyl (C=O) groups excluding carboxylic acids is 1. The number of amides is 1. The number of nitrogens with zero attached hydrogens (tertiary/aromatic N) is 1. The summed E-state index contributed by atoms with van der Waals surface area (Å²) < 4.78 is 5.41. The van der Waals surface area contributed by atoms with Crippen LogP contribution < -0.4 is 10.1 Å². The third-order valence-corrected chi connectivity index (χ3v) is 4.93. The van der Waals surface area contributed by atoms with Gasteiger partial charge in [-0.05, 0) is 37.6 Å². The van der Waals surface area contributed by atoms with Gasteiger partial charge in [-0.1, -0.05) is 12.1 Å². The molecule has 0 aliphatic carbocycles. The van der Waals surface area contributed by atoms with Gasteiger partial charge in [-0.25, -0.2) is 4.79 Å². The number of aliphatic hydroxyl groups excluding tert-OH is 1. The molecule has 2 aliphatic rings. The van der Waals surface area contributed by atoms with Crippen LogP contribution in [0.25, 0.3) is 5.57 Å². The fourth-order valence-corrected chi connectivity index (χ4v) is 3.80. The van der Waals surface area contributed by atoms with E-state index in [-0.39, 0.29) is 17.6 Å². The molecule has 7 heteroatoms. The van der Waals surface area contributed by atoms with E-state index in [2.05, 4.69) is 5.32 Å². The van der Waals surface area contributed by atoms with Crippen molar-refractivity contribution in [3.8, 4) is 5.75 Å². The van der Waals surface area contributed by atoms with Gasteiger partial charge in [-0.3, -0.25) is 4.79 Å². The molecule has 0 radical (unpaired) electrons. The zero-order chi connectivity index (χ0) is 18.3. The molecule has 1 aromatic carbocycles. The van der Waals surface area contributed by atoms with Gasteiger partial charge in [0.05, 0.1) is 25.2 Å². The molecule has 3 atom stereocenters. The molecule has 1 fully saturated rings. The van der Waals surface area contributed by atoms with Crippen LogP contribution in [0.1, 0.15) is 24.5 Å². The molecule has 0 aromatic heterocycles. The molecule has 7 nitrogen and oxygen atoms in total. The van der Waals surface area contributed by atoms with E-state index in [0.29, 0.717) is 24.3 Å². The predicted octanol–water partition coefficient (Wildman–Crippen LogP) is 0.822. The zero-order valence-corrected chi connectivity index (χ0v) is 14.4. The first-order valence-corrected chi connectivity index (χ1v) is 8.20. The molecule has 0 bridgehead atoms. The molecule has 1 saturated heterocycles. The number of fused-ring (bicyclic) bond motifs is 1. The van der Waals surface area contributed by atoms with Crippen molar-refractivity contribution in [3.63, 3.8) is 0 Å². The molecule has 1 aromatic rings. The summed E-state index contributed by atoms with van der Waals surface area (Å²) in [7, 11) is 3.40. The van der Waals surface area contributed by atoms with Gasteiger partial charge in [-0.15, -0.1) is 0 Å².